The molecular weight excluding hydrogens is 312 g/mol. The van der Waals surface area contributed by atoms with Crippen LogP contribution in [0.25, 0.3) is 11.4 Å². The van der Waals surface area contributed by atoms with Crippen molar-refractivity contribution < 1.29 is 4.79 Å². The first kappa shape index (κ1) is 15.4. The minimum absolute atomic E-state index is 0.0531. The highest BCUT2D eigenvalue weighted by atomic mass is 16.1. The summed E-state index contributed by atoms with van der Waals surface area (Å²) in [5, 5.41) is 3.12. The van der Waals surface area contributed by atoms with Gasteiger partial charge in [0.2, 0.25) is 0 Å². The Morgan fingerprint density at radius 1 is 1.04 bits per heavy atom. The molecule has 4 rings (SSSR count). The van der Waals surface area contributed by atoms with Gasteiger partial charge in [-0.1, -0.05) is 24.3 Å². The van der Waals surface area contributed by atoms with Gasteiger partial charge in [0.05, 0.1) is 11.6 Å². The summed E-state index contributed by atoms with van der Waals surface area (Å²) >= 11 is 0. The first-order chi connectivity index (χ1) is 12.3. The lowest BCUT2D eigenvalue weighted by atomic mass is 9.87. The van der Waals surface area contributed by atoms with E-state index in [1.165, 1.54) is 11.1 Å². The number of nitrogens with one attached hydrogen (secondary N) is 1. The maximum Gasteiger partial charge on any atom is 0.254 e. The third kappa shape index (κ3) is 3.26. The molecule has 25 heavy (non-hydrogen) atoms. The second kappa shape index (κ2) is 6.81. The average Bonchev–Trinajstić information content (AvgIpc) is 2.69. The Labute approximate surface area is 146 Å². The van der Waals surface area contributed by atoms with Crippen molar-refractivity contribution in [3.8, 4) is 11.4 Å². The summed E-state index contributed by atoms with van der Waals surface area (Å²) in [5.41, 5.74) is 3.89. The molecule has 0 spiro atoms. The van der Waals surface area contributed by atoms with E-state index in [1.807, 2.05) is 18.2 Å². The molecule has 5 nitrogen and oxygen atoms in total. The number of pyridine rings is 1. The van der Waals surface area contributed by atoms with Gasteiger partial charge in [-0.05, 0) is 42.5 Å². The molecule has 0 radical (unpaired) electrons. The maximum atomic E-state index is 12.6. The fraction of sp³-hybridized carbons (Fsp3) is 0.200. The van der Waals surface area contributed by atoms with Crippen LogP contribution in [0.2, 0.25) is 0 Å². The molecule has 2 aromatic heterocycles. The number of benzene rings is 1. The number of rotatable bonds is 3. The van der Waals surface area contributed by atoms with Gasteiger partial charge in [-0.25, -0.2) is 9.97 Å². The van der Waals surface area contributed by atoms with Crippen LogP contribution < -0.4 is 5.32 Å². The lowest BCUT2D eigenvalue weighted by Crippen LogP contribution is -2.31. The van der Waals surface area contributed by atoms with E-state index >= 15 is 0 Å². The molecule has 1 atom stereocenters. The molecule has 0 bridgehead atoms. The fourth-order valence-electron chi connectivity index (χ4n) is 3.24. The third-order valence-corrected chi connectivity index (χ3v) is 4.53. The highest BCUT2D eigenvalue weighted by Gasteiger charge is 2.22. The van der Waals surface area contributed by atoms with Crippen LogP contribution in [-0.4, -0.2) is 20.9 Å². The van der Waals surface area contributed by atoms with E-state index in [-0.39, 0.29) is 11.9 Å². The van der Waals surface area contributed by atoms with Gasteiger partial charge in [-0.15, -0.1) is 0 Å². The van der Waals surface area contributed by atoms with E-state index in [2.05, 4.69) is 38.5 Å². The normalized spacial score (nSPS) is 16.1. The van der Waals surface area contributed by atoms with Crippen molar-refractivity contribution in [1.82, 2.24) is 20.3 Å². The highest BCUT2D eigenvalue weighted by molar-refractivity contribution is 5.94. The second-order valence-electron chi connectivity index (χ2n) is 6.15. The van der Waals surface area contributed by atoms with Crippen molar-refractivity contribution >= 4 is 5.91 Å². The number of nitrogens with zero attached hydrogens (tertiary/aromatic N) is 3. The highest BCUT2D eigenvalue weighted by Crippen LogP contribution is 2.29. The largest absolute Gasteiger partial charge is 0.345 e. The van der Waals surface area contributed by atoms with Gasteiger partial charge in [0.25, 0.3) is 5.91 Å². The number of amides is 1. The van der Waals surface area contributed by atoms with E-state index in [0.29, 0.717) is 11.4 Å². The summed E-state index contributed by atoms with van der Waals surface area (Å²) < 4.78 is 0. The summed E-state index contributed by atoms with van der Waals surface area (Å²) in [6.45, 7) is 0. The van der Waals surface area contributed by atoms with Crippen LogP contribution >= 0.6 is 0 Å². The lowest BCUT2D eigenvalue weighted by Gasteiger charge is -2.26. The van der Waals surface area contributed by atoms with Gasteiger partial charge in [-0.3, -0.25) is 9.78 Å². The van der Waals surface area contributed by atoms with E-state index < -0.39 is 0 Å². The van der Waals surface area contributed by atoms with Crippen LogP contribution in [0, 0.1) is 0 Å². The molecule has 1 aliphatic rings. The molecule has 3 aromatic rings. The quantitative estimate of drug-likeness (QED) is 0.800. The molecule has 1 amide bonds. The second-order valence-corrected chi connectivity index (χ2v) is 6.15. The van der Waals surface area contributed by atoms with Crippen LogP contribution in [0.4, 0.5) is 0 Å². The molecule has 1 aromatic carbocycles. The van der Waals surface area contributed by atoms with E-state index in [1.54, 1.807) is 24.8 Å². The Morgan fingerprint density at radius 2 is 1.80 bits per heavy atom. The minimum atomic E-state index is -0.136. The van der Waals surface area contributed by atoms with Crippen molar-refractivity contribution in [2.45, 2.75) is 25.3 Å². The summed E-state index contributed by atoms with van der Waals surface area (Å²) in [7, 11) is 0. The Bertz CT molecular complexity index is 878. The maximum absolute atomic E-state index is 12.6. The van der Waals surface area contributed by atoms with Crippen LogP contribution in [-0.2, 0) is 6.42 Å². The zero-order valence-electron chi connectivity index (χ0n) is 13.7. The van der Waals surface area contributed by atoms with Gasteiger partial charge >= 0.3 is 0 Å². The zero-order valence-corrected chi connectivity index (χ0v) is 13.7. The standard InChI is InChI=1S/C20H18N4O/c25-20(24-18-7-3-5-14-4-1-2-6-17(14)18)16-12-22-19(23-13-16)15-8-10-21-11-9-15/h1-2,4,6,8-13,18H,3,5,7H2,(H,24,25)/t18-/m0/s1. The SMILES string of the molecule is O=C(N[C@H]1CCCc2ccccc21)c1cnc(-c2ccncc2)nc1. The number of hydrogen-bond donors (Lipinski definition) is 1. The summed E-state index contributed by atoms with van der Waals surface area (Å²) in [5.74, 6) is 0.449. The molecule has 2 heterocycles. The summed E-state index contributed by atoms with van der Waals surface area (Å²) in [4.78, 5) is 25.2. The fourth-order valence-corrected chi connectivity index (χ4v) is 3.24. The molecule has 5 heteroatoms. The van der Waals surface area contributed by atoms with E-state index in [9.17, 15) is 4.79 Å². The van der Waals surface area contributed by atoms with Gasteiger partial charge in [0.1, 0.15) is 0 Å². The first-order valence-corrected chi connectivity index (χ1v) is 8.42. The average molecular weight is 330 g/mol. The van der Waals surface area contributed by atoms with Crippen molar-refractivity contribution in [2.75, 3.05) is 0 Å². The number of carbonyl (C=O) groups excluding carboxylic acids is 1. The molecule has 1 N–H and O–H groups in total. The smallest absolute Gasteiger partial charge is 0.254 e. The van der Waals surface area contributed by atoms with Crippen LogP contribution in [0.1, 0.15) is 40.4 Å². The Morgan fingerprint density at radius 3 is 2.60 bits per heavy atom. The Kier molecular flexibility index (Phi) is 4.21. The number of fused-ring (bicyclic) bond motifs is 1. The molecule has 0 fully saturated rings. The first-order valence-electron chi connectivity index (χ1n) is 8.42. The molecule has 1 aliphatic carbocycles. The molecule has 0 aliphatic heterocycles. The van der Waals surface area contributed by atoms with Crippen LogP contribution in [0.5, 0.6) is 0 Å². The summed E-state index contributed by atoms with van der Waals surface area (Å²) in [6.07, 6.45) is 9.66. The van der Waals surface area contributed by atoms with Crippen molar-refractivity contribution in [2.24, 2.45) is 0 Å². The molecule has 0 saturated heterocycles. The van der Waals surface area contributed by atoms with Crippen molar-refractivity contribution in [3.05, 3.63) is 77.9 Å². The van der Waals surface area contributed by atoms with Crippen molar-refractivity contribution in [3.63, 3.8) is 0 Å². The number of aromatic nitrogens is 3. The minimum Gasteiger partial charge on any atom is -0.345 e. The summed E-state index contributed by atoms with van der Waals surface area (Å²) in [6, 6.07) is 12.0. The van der Waals surface area contributed by atoms with Gasteiger partial charge in [-0.2, -0.15) is 0 Å². The predicted octanol–water partition coefficient (Wildman–Crippen LogP) is 3.35. The lowest BCUT2D eigenvalue weighted by molar-refractivity contribution is 0.0932. The molecular formula is C20H18N4O. The number of hydrogen-bond acceptors (Lipinski definition) is 4. The zero-order chi connectivity index (χ0) is 17.1. The molecule has 124 valence electrons. The van der Waals surface area contributed by atoms with Gasteiger partial charge < -0.3 is 5.32 Å². The van der Waals surface area contributed by atoms with Gasteiger partial charge in [0.15, 0.2) is 5.82 Å². The van der Waals surface area contributed by atoms with E-state index in [4.69, 9.17) is 0 Å². The predicted molar refractivity (Wildman–Crippen MR) is 94.9 cm³/mol. The molecule has 0 unspecified atom stereocenters. The van der Waals surface area contributed by atoms with Crippen LogP contribution in [0.3, 0.4) is 0 Å². The number of carbonyl (C=O) groups is 1. The van der Waals surface area contributed by atoms with E-state index in [0.717, 1.165) is 24.8 Å². The molecule has 0 saturated carbocycles. The van der Waals surface area contributed by atoms with Crippen molar-refractivity contribution in [1.29, 1.82) is 0 Å². The Balaban J connectivity index is 1.51. The number of aryl methyl sites for hydroxylation is 1. The Hall–Kier alpha value is -3.08. The monoisotopic (exact) mass is 330 g/mol. The van der Waals surface area contributed by atoms with Gasteiger partial charge in [0, 0.05) is 30.4 Å². The topological polar surface area (TPSA) is 67.8 Å². The van der Waals surface area contributed by atoms with Crippen LogP contribution in [0.15, 0.2) is 61.2 Å². The third-order valence-electron chi connectivity index (χ3n) is 4.53.